The van der Waals surface area contributed by atoms with Gasteiger partial charge in [0.1, 0.15) is 12.3 Å². The van der Waals surface area contributed by atoms with Crippen LogP contribution in [0.1, 0.15) is 22.8 Å². The Bertz CT molecular complexity index is 807. The Kier molecular flexibility index (Phi) is 5.64. The molecule has 2 aromatic carbocycles. The molecule has 27 heavy (non-hydrogen) atoms. The van der Waals surface area contributed by atoms with E-state index < -0.39 is 24.5 Å². The van der Waals surface area contributed by atoms with E-state index in [1.165, 1.54) is 6.26 Å². The van der Waals surface area contributed by atoms with Crippen molar-refractivity contribution in [3.63, 3.8) is 0 Å². The van der Waals surface area contributed by atoms with E-state index >= 15 is 0 Å². The van der Waals surface area contributed by atoms with Crippen molar-refractivity contribution in [3.05, 3.63) is 95.9 Å². The standard InChI is InChI=1S/C21H18F3NO2/c22-21(23,24)15-25(14-18-12-7-13-27-18)20(26)19(16-8-3-1-4-9-16)17-10-5-2-6-11-17/h1-13,19H,14-15H2. The van der Waals surface area contributed by atoms with Gasteiger partial charge >= 0.3 is 6.18 Å². The fourth-order valence-electron chi connectivity index (χ4n) is 2.97. The molecule has 0 aliphatic heterocycles. The van der Waals surface area contributed by atoms with E-state index in [-0.39, 0.29) is 6.54 Å². The molecule has 6 heteroatoms. The molecule has 140 valence electrons. The van der Waals surface area contributed by atoms with Crippen LogP contribution in [0, 0.1) is 0 Å². The zero-order valence-corrected chi connectivity index (χ0v) is 14.4. The van der Waals surface area contributed by atoms with E-state index in [1.807, 2.05) is 0 Å². The highest BCUT2D eigenvalue weighted by molar-refractivity contribution is 5.87. The molecule has 1 amide bonds. The van der Waals surface area contributed by atoms with Crippen molar-refractivity contribution in [2.75, 3.05) is 6.54 Å². The average Bonchev–Trinajstić information content (AvgIpc) is 3.15. The molecule has 0 N–H and O–H groups in total. The number of carbonyl (C=O) groups is 1. The lowest BCUT2D eigenvalue weighted by atomic mass is 9.90. The molecule has 0 saturated heterocycles. The summed E-state index contributed by atoms with van der Waals surface area (Å²) < 4.78 is 44.6. The molecule has 0 spiro atoms. The molecular formula is C21H18F3NO2. The Morgan fingerprint density at radius 2 is 1.44 bits per heavy atom. The summed E-state index contributed by atoms with van der Waals surface area (Å²) in [6.45, 7) is -1.59. The summed E-state index contributed by atoms with van der Waals surface area (Å²) in [7, 11) is 0. The van der Waals surface area contributed by atoms with Crippen molar-refractivity contribution in [2.24, 2.45) is 0 Å². The van der Waals surface area contributed by atoms with Crippen molar-refractivity contribution >= 4 is 5.91 Å². The molecule has 3 rings (SSSR count). The molecule has 0 aliphatic carbocycles. The van der Waals surface area contributed by atoms with Gasteiger partial charge in [-0.15, -0.1) is 0 Å². The van der Waals surface area contributed by atoms with Gasteiger partial charge in [0.15, 0.2) is 0 Å². The molecule has 1 heterocycles. The number of benzene rings is 2. The lowest BCUT2D eigenvalue weighted by Gasteiger charge is -2.28. The highest BCUT2D eigenvalue weighted by atomic mass is 19.4. The normalized spacial score (nSPS) is 11.6. The van der Waals surface area contributed by atoms with Gasteiger partial charge in [-0.3, -0.25) is 4.79 Å². The van der Waals surface area contributed by atoms with E-state index in [4.69, 9.17) is 4.42 Å². The third-order valence-corrected chi connectivity index (χ3v) is 4.12. The predicted molar refractivity (Wildman–Crippen MR) is 94.9 cm³/mol. The second-order valence-corrected chi connectivity index (χ2v) is 6.14. The van der Waals surface area contributed by atoms with E-state index in [0.29, 0.717) is 16.9 Å². The Hall–Kier alpha value is -3.02. The van der Waals surface area contributed by atoms with Gasteiger partial charge < -0.3 is 9.32 Å². The molecule has 3 nitrogen and oxygen atoms in total. The van der Waals surface area contributed by atoms with Crippen molar-refractivity contribution in [1.29, 1.82) is 0 Å². The molecular weight excluding hydrogens is 355 g/mol. The second kappa shape index (κ2) is 8.12. The fraction of sp³-hybridized carbons (Fsp3) is 0.190. The first-order valence-corrected chi connectivity index (χ1v) is 8.42. The minimum atomic E-state index is -4.51. The number of hydrogen-bond donors (Lipinski definition) is 0. The number of furan rings is 1. The van der Waals surface area contributed by atoms with Crippen LogP contribution in [-0.2, 0) is 11.3 Å². The summed E-state index contributed by atoms with van der Waals surface area (Å²) in [5, 5.41) is 0. The molecule has 0 atom stereocenters. The first-order valence-electron chi connectivity index (χ1n) is 8.42. The maximum absolute atomic E-state index is 13.2. The molecule has 0 bridgehead atoms. The van der Waals surface area contributed by atoms with Crippen molar-refractivity contribution < 1.29 is 22.4 Å². The van der Waals surface area contributed by atoms with Crippen LogP contribution in [0.3, 0.4) is 0 Å². The van der Waals surface area contributed by atoms with Crippen LogP contribution in [0.2, 0.25) is 0 Å². The summed E-state index contributed by atoms with van der Waals surface area (Å²) in [5.74, 6) is -1.15. The number of rotatable bonds is 6. The van der Waals surface area contributed by atoms with E-state index in [2.05, 4.69) is 0 Å². The Morgan fingerprint density at radius 1 is 0.889 bits per heavy atom. The average molecular weight is 373 g/mol. The number of hydrogen-bond acceptors (Lipinski definition) is 2. The quantitative estimate of drug-likeness (QED) is 0.609. The van der Waals surface area contributed by atoms with Crippen LogP contribution >= 0.6 is 0 Å². The molecule has 3 aromatic rings. The van der Waals surface area contributed by atoms with Gasteiger partial charge in [0.05, 0.1) is 18.7 Å². The molecule has 0 unspecified atom stereocenters. The maximum Gasteiger partial charge on any atom is 0.406 e. The van der Waals surface area contributed by atoms with Gasteiger partial charge in [-0.25, -0.2) is 0 Å². The fourth-order valence-corrected chi connectivity index (χ4v) is 2.97. The topological polar surface area (TPSA) is 33.5 Å². The number of nitrogens with zero attached hydrogens (tertiary/aromatic N) is 1. The first kappa shape index (κ1) is 18.8. The van der Waals surface area contributed by atoms with Crippen LogP contribution in [0.15, 0.2) is 83.5 Å². The zero-order valence-electron chi connectivity index (χ0n) is 14.4. The van der Waals surface area contributed by atoms with Crippen molar-refractivity contribution in [3.8, 4) is 0 Å². The van der Waals surface area contributed by atoms with Gasteiger partial charge in [0.25, 0.3) is 0 Å². The lowest BCUT2D eigenvalue weighted by Crippen LogP contribution is -2.41. The highest BCUT2D eigenvalue weighted by Gasteiger charge is 2.36. The van der Waals surface area contributed by atoms with E-state index in [1.54, 1.807) is 72.8 Å². The molecule has 1 aromatic heterocycles. The van der Waals surface area contributed by atoms with E-state index in [9.17, 15) is 18.0 Å². The Morgan fingerprint density at radius 3 is 1.89 bits per heavy atom. The summed E-state index contributed by atoms with van der Waals surface area (Å²) in [6.07, 6.45) is -3.14. The lowest BCUT2D eigenvalue weighted by molar-refractivity contribution is -0.163. The SMILES string of the molecule is O=C(C(c1ccccc1)c1ccccc1)N(Cc1ccco1)CC(F)(F)F. The van der Waals surface area contributed by atoms with Crippen LogP contribution in [0.25, 0.3) is 0 Å². The van der Waals surface area contributed by atoms with Crippen LogP contribution < -0.4 is 0 Å². The van der Waals surface area contributed by atoms with Gasteiger partial charge in [-0.05, 0) is 23.3 Å². The van der Waals surface area contributed by atoms with Crippen LogP contribution in [-0.4, -0.2) is 23.5 Å². The third-order valence-electron chi connectivity index (χ3n) is 4.12. The largest absolute Gasteiger partial charge is 0.467 e. The molecule has 0 saturated carbocycles. The number of halogens is 3. The smallest absolute Gasteiger partial charge is 0.406 e. The van der Waals surface area contributed by atoms with Gasteiger partial charge in [0.2, 0.25) is 5.91 Å². The predicted octanol–water partition coefficient (Wildman–Crippen LogP) is 5.00. The monoisotopic (exact) mass is 373 g/mol. The third kappa shape index (κ3) is 5.00. The number of carbonyl (C=O) groups excluding carboxylic acids is 1. The molecule has 0 aliphatic rings. The van der Waals surface area contributed by atoms with Crippen LogP contribution in [0.5, 0.6) is 0 Å². The Balaban J connectivity index is 1.98. The highest BCUT2D eigenvalue weighted by Crippen LogP contribution is 2.29. The summed E-state index contributed by atoms with van der Waals surface area (Å²) in [4.78, 5) is 14.0. The van der Waals surface area contributed by atoms with Crippen molar-refractivity contribution in [2.45, 2.75) is 18.6 Å². The van der Waals surface area contributed by atoms with Gasteiger partial charge in [0, 0.05) is 0 Å². The van der Waals surface area contributed by atoms with Gasteiger partial charge in [-0.2, -0.15) is 13.2 Å². The van der Waals surface area contributed by atoms with E-state index in [0.717, 1.165) is 4.90 Å². The van der Waals surface area contributed by atoms with Gasteiger partial charge in [-0.1, -0.05) is 60.7 Å². The molecule has 0 radical (unpaired) electrons. The summed E-state index contributed by atoms with van der Waals surface area (Å²) >= 11 is 0. The second-order valence-electron chi connectivity index (χ2n) is 6.14. The van der Waals surface area contributed by atoms with Crippen LogP contribution in [0.4, 0.5) is 13.2 Å². The number of amides is 1. The Labute approximate surface area is 155 Å². The maximum atomic E-state index is 13.2. The minimum absolute atomic E-state index is 0.249. The molecule has 0 fully saturated rings. The zero-order chi connectivity index (χ0) is 19.3. The number of alkyl halides is 3. The summed E-state index contributed by atoms with van der Waals surface area (Å²) in [5.41, 5.74) is 1.28. The summed E-state index contributed by atoms with van der Waals surface area (Å²) in [6, 6.07) is 20.8. The minimum Gasteiger partial charge on any atom is -0.467 e. The van der Waals surface area contributed by atoms with Crippen molar-refractivity contribution in [1.82, 2.24) is 4.90 Å². The first-order chi connectivity index (χ1) is 12.9.